The largest absolute Gasteiger partial charge is 0.370 e. The summed E-state index contributed by atoms with van der Waals surface area (Å²) in [6.45, 7) is 4.49. The number of nitrogens with zero attached hydrogens (tertiary/aromatic N) is 2. The summed E-state index contributed by atoms with van der Waals surface area (Å²) in [6, 6.07) is 0. The number of nitrogens with two attached hydrogens (primary N) is 1. The zero-order valence-electron chi connectivity index (χ0n) is 9.58. The lowest BCUT2D eigenvalue weighted by Crippen LogP contribution is -2.53. The minimum Gasteiger partial charge on any atom is -0.370 e. The lowest BCUT2D eigenvalue weighted by molar-refractivity contribution is 0.151. The quantitative estimate of drug-likeness (QED) is 0.747. The summed E-state index contributed by atoms with van der Waals surface area (Å²) in [5.41, 5.74) is 6.36. The number of aliphatic imine (C=N–C) groups is 1. The second-order valence-electron chi connectivity index (χ2n) is 5.63. The fourth-order valence-electron chi connectivity index (χ4n) is 3.32. The molecule has 2 unspecified atom stereocenters. The molecular weight excluding hydrogens is 186 g/mol. The minimum atomic E-state index is 0.312. The summed E-state index contributed by atoms with van der Waals surface area (Å²) in [5, 5.41) is 0. The molecule has 0 bridgehead atoms. The fraction of sp³-hybridized carbons (Fsp3) is 0.917. The van der Waals surface area contributed by atoms with Crippen molar-refractivity contribution in [2.24, 2.45) is 22.6 Å². The summed E-state index contributed by atoms with van der Waals surface area (Å²) >= 11 is 0. The van der Waals surface area contributed by atoms with Gasteiger partial charge in [0.05, 0.1) is 12.1 Å². The predicted octanol–water partition coefficient (Wildman–Crippen LogP) is 1.59. The highest BCUT2D eigenvalue weighted by Crippen LogP contribution is 2.44. The van der Waals surface area contributed by atoms with Gasteiger partial charge in [0.1, 0.15) is 0 Å². The van der Waals surface area contributed by atoms with Gasteiger partial charge in [-0.1, -0.05) is 13.3 Å². The van der Waals surface area contributed by atoms with E-state index in [9.17, 15) is 0 Å². The van der Waals surface area contributed by atoms with Crippen LogP contribution in [-0.4, -0.2) is 29.5 Å². The van der Waals surface area contributed by atoms with Crippen LogP contribution in [0.2, 0.25) is 0 Å². The van der Waals surface area contributed by atoms with E-state index in [1.54, 1.807) is 0 Å². The van der Waals surface area contributed by atoms with Crippen LogP contribution in [0.25, 0.3) is 0 Å². The van der Waals surface area contributed by atoms with Crippen LogP contribution < -0.4 is 5.73 Å². The van der Waals surface area contributed by atoms with Gasteiger partial charge in [-0.2, -0.15) is 0 Å². The molecular formula is C12H21N3. The summed E-state index contributed by atoms with van der Waals surface area (Å²) in [5.74, 6) is 2.48. The Balaban J connectivity index is 1.82. The van der Waals surface area contributed by atoms with Crippen LogP contribution >= 0.6 is 0 Å². The highest BCUT2D eigenvalue weighted by atomic mass is 15.4. The topological polar surface area (TPSA) is 41.6 Å². The minimum absolute atomic E-state index is 0.312. The predicted molar refractivity (Wildman–Crippen MR) is 61.7 cm³/mol. The Morgan fingerprint density at radius 3 is 2.87 bits per heavy atom. The van der Waals surface area contributed by atoms with E-state index in [0.29, 0.717) is 5.54 Å². The smallest absolute Gasteiger partial charge is 0.191 e. The van der Waals surface area contributed by atoms with Crippen molar-refractivity contribution in [2.75, 3.05) is 13.1 Å². The standard InChI is InChI=1S/C12H21N3/c1-9-3-2-6-12(9)8-14-11(13)15(12)7-10-4-5-10/h9-10H,2-8H2,1H3,(H2,13,14). The number of rotatable bonds is 2. The summed E-state index contributed by atoms with van der Waals surface area (Å²) < 4.78 is 0. The van der Waals surface area contributed by atoms with Crippen molar-refractivity contribution in [3.63, 3.8) is 0 Å². The van der Waals surface area contributed by atoms with Gasteiger partial charge in [0.15, 0.2) is 5.96 Å². The molecule has 2 fully saturated rings. The van der Waals surface area contributed by atoms with Crippen LogP contribution in [0.5, 0.6) is 0 Å². The highest BCUT2D eigenvalue weighted by molar-refractivity contribution is 5.81. The van der Waals surface area contributed by atoms with Crippen molar-refractivity contribution in [3.05, 3.63) is 0 Å². The van der Waals surface area contributed by atoms with E-state index in [4.69, 9.17) is 5.73 Å². The van der Waals surface area contributed by atoms with Gasteiger partial charge in [-0.25, -0.2) is 0 Å². The SMILES string of the molecule is CC1CCCC12CN=C(N)N2CC1CC1. The molecule has 3 aliphatic rings. The summed E-state index contributed by atoms with van der Waals surface area (Å²) in [6.07, 6.45) is 6.79. The van der Waals surface area contributed by atoms with Crippen LogP contribution in [0.4, 0.5) is 0 Å². The molecule has 1 aliphatic heterocycles. The summed E-state index contributed by atoms with van der Waals surface area (Å²) in [7, 11) is 0. The van der Waals surface area contributed by atoms with Gasteiger partial charge in [-0.15, -0.1) is 0 Å². The van der Waals surface area contributed by atoms with E-state index in [2.05, 4.69) is 16.8 Å². The Labute approximate surface area is 91.7 Å². The number of guanidine groups is 1. The zero-order valence-corrected chi connectivity index (χ0v) is 9.58. The molecule has 1 spiro atoms. The molecule has 2 N–H and O–H groups in total. The third-order valence-electron chi connectivity index (χ3n) is 4.63. The van der Waals surface area contributed by atoms with E-state index in [-0.39, 0.29) is 0 Å². The average molecular weight is 207 g/mol. The second kappa shape index (κ2) is 3.13. The molecule has 3 heteroatoms. The van der Waals surface area contributed by atoms with Crippen LogP contribution in [0.3, 0.4) is 0 Å². The first-order chi connectivity index (χ1) is 7.22. The van der Waals surface area contributed by atoms with Crippen LogP contribution in [-0.2, 0) is 0 Å². The normalized spacial score (nSPS) is 40.2. The zero-order chi connectivity index (χ0) is 10.5. The number of hydrogen-bond acceptors (Lipinski definition) is 3. The molecule has 0 radical (unpaired) electrons. The van der Waals surface area contributed by atoms with Gasteiger partial charge in [0.25, 0.3) is 0 Å². The maximum Gasteiger partial charge on any atom is 0.191 e. The van der Waals surface area contributed by atoms with Crippen LogP contribution in [0.1, 0.15) is 39.0 Å². The third kappa shape index (κ3) is 1.35. The molecule has 2 aliphatic carbocycles. The lowest BCUT2D eigenvalue weighted by atomic mass is 9.87. The molecule has 0 amide bonds. The molecule has 3 rings (SSSR count). The van der Waals surface area contributed by atoms with Gasteiger partial charge in [-0.3, -0.25) is 4.99 Å². The number of hydrogen-bond donors (Lipinski definition) is 1. The molecule has 3 nitrogen and oxygen atoms in total. The van der Waals surface area contributed by atoms with Crippen molar-refractivity contribution >= 4 is 5.96 Å². The van der Waals surface area contributed by atoms with Gasteiger partial charge in [0.2, 0.25) is 0 Å². The first-order valence-corrected chi connectivity index (χ1v) is 6.30. The molecule has 1 heterocycles. The van der Waals surface area contributed by atoms with E-state index in [1.165, 1.54) is 38.6 Å². The first-order valence-electron chi connectivity index (χ1n) is 6.30. The van der Waals surface area contributed by atoms with Gasteiger partial charge >= 0.3 is 0 Å². The van der Waals surface area contributed by atoms with Crippen molar-refractivity contribution in [1.82, 2.24) is 4.90 Å². The molecule has 0 saturated heterocycles. The Morgan fingerprint density at radius 1 is 1.47 bits per heavy atom. The Kier molecular flexibility index (Phi) is 1.98. The molecule has 15 heavy (non-hydrogen) atoms. The highest BCUT2D eigenvalue weighted by Gasteiger charge is 2.49. The Hall–Kier alpha value is -0.730. The van der Waals surface area contributed by atoms with Crippen molar-refractivity contribution in [2.45, 2.75) is 44.6 Å². The van der Waals surface area contributed by atoms with E-state index >= 15 is 0 Å². The monoisotopic (exact) mass is 207 g/mol. The van der Waals surface area contributed by atoms with Gasteiger partial charge in [-0.05, 0) is 37.5 Å². The summed E-state index contributed by atoms with van der Waals surface area (Å²) in [4.78, 5) is 6.95. The van der Waals surface area contributed by atoms with Crippen molar-refractivity contribution in [1.29, 1.82) is 0 Å². The molecule has 2 saturated carbocycles. The third-order valence-corrected chi connectivity index (χ3v) is 4.63. The Morgan fingerprint density at radius 2 is 2.27 bits per heavy atom. The van der Waals surface area contributed by atoms with E-state index < -0.39 is 0 Å². The lowest BCUT2D eigenvalue weighted by Gasteiger charge is -2.39. The first kappa shape index (κ1) is 9.49. The molecule has 0 aromatic rings. The van der Waals surface area contributed by atoms with Crippen LogP contribution in [0, 0.1) is 11.8 Å². The maximum atomic E-state index is 6.05. The molecule has 84 valence electrons. The van der Waals surface area contributed by atoms with Crippen molar-refractivity contribution in [3.8, 4) is 0 Å². The fourth-order valence-corrected chi connectivity index (χ4v) is 3.32. The van der Waals surface area contributed by atoms with Gasteiger partial charge < -0.3 is 10.6 Å². The maximum absolute atomic E-state index is 6.05. The van der Waals surface area contributed by atoms with E-state index in [1.807, 2.05) is 0 Å². The Bertz CT molecular complexity index is 295. The average Bonchev–Trinajstić information content (AvgIpc) is 2.89. The second-order valence-corrected chi connectivity index (χ2v) is 5.63. The van der Waals surface area contributed by atoms with Gasteiger partial charge in [0, 0.05) is 6.54 Å². The molecule has 2 atom stereocenters. The van der Waals surface area contributed by atoms with E-state index in [0.717, 1.165) is 24.3 Å². The van der Waals surface area contributed by atoms with Crippen molar-refractivity contribution < 1.29 is 0 Å². The molecule has 0 aromatic carbocycles. The van der Waals surface area contributed by atoms with Crippen LogP contribution in [0.15, 0.2) is 4.99 Å². The molecule has 0 aromatic heterocycles.